The third kappa shape index (κ3) is 3.71. The number of hydrogen-bond donors (Lipinski definition) is 3. The normalized spacial score (nSPS) is 20.1. The molecule has 3 N–H and O–H groups in total. The highest BCUT2D eigenvalue weighted by atomic mass is 35.5. The molecule has 6 nitrogen and oxygen atoms in total. The first-order chi connectivity index (χ1) is 11.5. The van der Waals surface area contributed by atoms with E-state index >= 15 is 0 Å². The topological polar surface area (TPSA) is 79.0 Å². The lowest BCUT2D eigenvalue weighted by Gasteiger charge is -2.20. The van der Waals surface area contributed by atoms with Gasteiger partial charge in [-0.2, -0.15) is 5.10 Å². The number of nitrogens with zero attached hydrogens (tertiary/aromatic N) is 1. The second-order valence-electron chi connectivity index (χ2n) is 5.98. The summed E-state index contributed by atoms with van der Waals surface area (Å²) in [5.41, 5.74) is 3.90. The van der Waals surface area contributed by atoms with E-state index in [1.807, 2.05) is 38.1 Å². The van der Waals surface area contributed by atoms with Gasteiger partial charge >= 0.3 is 6.03 Å². The Morgan fingerprint density at radius 3 is 2.79 bits per heavy atom. The number of urea groups is 1. The largest absolute Gasteiger partial charge is 0.371 e. The fraction of sp³-hybridized carbons (Fsp3) is 0.412. The maximum atomic E-state index is 12.2. The molecule has 0 bridgehead atoms. The first-order valence-electron chi connectivity index (χ1n) is 7.96. The van der Waals surface area contributed by atoms with Crippen molar-refractivity contribution in [2.24, 2.45) is 0 Å². The number of benzene rings is 1. The summed E-state index contributed by atoms with van der Waals surface area (Å²) in [6.07, 6.45) is 0.634. The van der Waals surface area contributed by atoms with E-state index < -0.39 is 0 Å². The van der Waals surface area contributed by atoms with E-state index in [-0.39, 0.29) is 18.2 Å². The minimum Gasteiger partial charge on any atom is -0.371 e. The van der Waals surface area contributed by atoms with E-state index in [1.54, 1.807) is 0 Å². The zero-order valence-corrected chi connectivity index (χ0v) is 14.5. The van der Waals surface area contributed by atoms with Crippen molar-refractivity contribution in [1.82, 2.24) is 20.8 Å². The summed E-state index contributed by atoms with van der Waals surface area (Å²) < 4.78 is 5.78. The van der Waals surface area contributed by atoms with Gasteiger partial charge in [0.05, 0.1) is 11.7 Å². The lowest BCUT2D eigenvalue weighted by Crippen LogP contribution is -2.43. The second kappa shape index (κ2) is 7.23. The van der Waals surface area contributed by atoms with Crippen LogP contribution in [-0.4, -0.2) is 28.9 Å². The minimum absolute atomic E-state index is 0.0577. The molecule has 0 saturated carbocycles. The van der Waals surface area contributed by atoms with Crippen molar-refractivity contribution in [3.8, 4) is 0 Å². The van der Waals surface area contributed by atoms with Crippen LogP contribution < -0.4 is 10.6 Å². The highest BCUT2D eigenvalue weighted by Crippen LogP contribution is 2.29. The van der Waals surface area contributed by atoms with Crippen molar-refractivity contribution in [3.05, 3.63) is 51.8 Å². The van der Waals surface area contributed by atoms with E-state index in [0.29, 0.717) is 18.2 Å². The lowest BCUT2D eigenvalue weighted by molar-refractivity contribution is 0.0999. The number of carbonyl (C=O) groups excluding carboxylic acids is 1. The van der Waals surface area contributed by atoms with Crippen LogP contribution in [0.25, 0.3) is 0 Å². The number of ether oxygens (including phenoxy) is 1. The molecule has 2 atom stereocenters. The Bertz CT molecular complexity index is 694. The second-order valence-corrected chi connectivity index (χ2v) is 6.41. The van der Waals surface area contributed by atoms with Gasteiger partial charge in [0.1, 0.15) is 6.10 Å². The third-order valence-electron chi connectivity index (χ3n) is 4.31. The van der Waals surface area contributed by atoms with Crippen molar-refractivity contribution < 1.29 is 9.53 Å². The number of aryl methyl sites for hydroxylation is 2. The zero-order chi connectivity index (χ0) is 17.1. The summed E-state index contributed by atoms with van der Waals surface area (Å²) in [6, 6.07) is 7.27. The third-order valence-corrected chi connectivity index (χ3v) is 4.57. The Morgan fingerprint density at radius 2 is 2.12 bits per heavy atom. The van der Waals surface area contributed by atoms with Gasteiger partial charge in [-0.1, -0.05) is 23.7 Å². The van der Waals surface area contributed by atoms with Crippen LogP contribution in [0.15, 0.2) is 24.3 Å². The lowest BCUT2D eigenvalue weighted by atomic mass is 10.0. The van der Waals surface area contributed by atoms with Gasteiger partial charge in [0.25, 0.3) is 0 Å². The van der Waals surface area contributed by atoms with Crippen LogP contribution in [0.2, 0.25) is 5.02 Å². The number of aromatic amines is 1. The summed E-state index contributed by atoms with van der Waals surface area (Å²) in [7, 11) is 0. The average Bonchev–Trinajstić information content (AvgIpc) is 3.13. The van der Waals surface area contributed by atoms with Crippen LogP contribution in [0.4, 0.5) is 4.79 Å². The molecule has 24 heavy (non-hydrogen) atoms. The predicted octanol–water partition coefficient (Wildman–Crippen LogP) is 3.01. The fourth-order valence-corrected chi connectivity index (χ4v) is 3.07. The van der Waals surface area contributed by atoms with Crippen LogP contribution in [-0.2, 0) is 11.3 Å². The first kappa shape index (κ1) is 16.8. The molecule has 0 spiro atoms. The summed E-state index contributed by atoms with van der Waals surface area (Å²) in [6.45, 7) is 4.92. The number of halogens is 1. The van der Waals surface area contributed by atoms with Crippen LogP contribution in [0.5, 0.6) is 0 Å². The van der Waals surface area contributed by atoms with Crippen LogP contribution >= 0.6 is 11.6 Å². The van der Waals surface area contributed by atoms with E-state index in [9.17, 15) is 4.79 Å². The molecule has 128 valence electrons. The highest BCUT2D eigenvalue weighted by molar-refractivity contribution is 6.30. The molecule has 1 aromatic heterocycles. The number of H-pyrrole nitrogens is 1. The number of nitrogens with one attached hydrogen (secondary N) is 3. The van der Waals surface area contributed by atoms with Crippen molar-refractivity contribution in [2.75, 3.05) is 6.61 Å². The van der Waals surface area contributed by atoms with Crippen molar-refractivity contribution in [3.63, 3.8) is 0 Å². The fourth-order valence-electron chi connectivity index (χ4n) is 2.94. The Morgan fingerprint density at radius 1 is 1.38 bits per heavy atom. The van der Waals surface area contributed by atoms with Gasteiger partial charge in [0, 0.05) is 29.4 Å². The van der Waals surface area contributed by atoms with Crippen LogP contribution in [0.1, 0.15) is 35.0 Å². The quantitative estimate of drug-likeness (QED) is 0.794. The molecule has 0 unspecified atom stereocenters. The summed E-state index contributed by atoms with van der Waals surface area (Å²) in [5, 5.41) is 13.6. The summed E-state index contributed by atoms with van der Waals surface area (Å²) in [5.74, 6) is 0. The van der Waals surface area contributed by atoms with E-state index in [1.165, 1.54) is 0 Å². The molecule has 1 saturated heterocycles. The zero-order valence-electron chi connectivity index (χ0n) is 13.7. The summed E-state index contributed by atoms with van der Waals surface area (Å²) >= 11 is 5.93. The SMILES string of the molecule is Cc1n[nH]c(C)c1CNC(=O)N[C@@H]1CCO[C@@H]1c1ccc(Cl)cc1. The number of aromatic nitrogens is 2. The van der Waals surface area contributed by atoms with Gasteiger partial charge in [-0.25, -0.2) is 4.79 Å². The van der Waals surface area contributed by atoms with Crippen molar-refractivity contribution in [1.29, 1.82) is 0 Å². The van der Waals surface area contributed by atoms with Gasteiger partial charge < -0.3 is 15.4 Å². The molecule has 1 aromatic carbocycles. The van der Waals surface area contributed by atoms with E-state index in [2.05, 4.69) is 20.8 Å². The summed E-state index contributed by atoms with van der Waals surface area (Å²) in [4.78, 5) is 12.2. The molecule has 0 aliphatic carbocycles. The van der Waals surface area contributed by atoms with E-state index in [4.69, 9.17) is 16.3 Å². The first-order valence-corrected chi connectivity index (χ1v) is 8.34. The number of rotatable bonds is 4. The van der Waals surface area contributed by atoms with Crippen molar-refractivity contribution >= 4 is 17.6 Å². The Balaban J connectivity index is 1.58. The monoisotopic (exact) mass is 348 g/mol. The molecule has 7 heteroatoms. The number of hydrogen-bond acceptors (Lipinski definition) is 3. The van der Waals surface area contributed by atoms with Gasteiger partial charge in [0.2, 0.25) is 0 Å². The van der Waals surface area contributed by atoms with E-state index in [0.717, 1.165) is 28.9 Å². The Hall–Kier alpha value is -2.05. The maximum Gasteiger partial charge on any atom is 0.315 e. The Kier molecular flexibility index (Phi) is 5.06. The highest BCUT2D eigenvalue weighted by Gasteiger charge is 2.30. The maximum absolute atomic E-state index is 12.2. The van der Waals surface area contributed by atoms with Crippen molar-refractivity contribution in [2.45, 2.75) is 39.0 Å². The molecule has 3 rings (SSSR count). The Labute approximate surface area is 145 Å². The molecular formula is C17H21ClN4O2. The molecular weight excluding hydrogens is 328 g/mol. The minimum atomic E-state index is -0.204. The molecule has 2 aromatic rings. The molecule has 0 radical (unpaired) electrons. The van der Waals surface area contributed by atoms with Gasteiger partial charge in [-0.15, -0.1) is 0 Å². The standard InChI is InChI=1S/C17H21ClN4O2/c1-10-14(11(2)22-21-10)9-19-17(23)20-15-7-8-24-16(15)12-3-5-13(18)6-4-12/h3-6,15-16H,7-9H2,1-2H3,(H,21,22)(H2,19,20,23)/t15-,16-/m1/s1. The molecule has 1 fully saturated rings. The molecule has 1 aliphatic rings. The number of amides is 2. The van der Waals surface area contributed by atoms with Crippen LogP contribution in [0.3, 0.4) is 0 Å². The average molecular weight is 349 g/mol. The van der Waals surface area contributed by atoms with Gasteiger partial charge in [-0.3, -0.25) is 5.10 Å². The number of carbonyl (C=O) groups is 1. The smallest absolute Gasteiger partial charge is 0.315 e. The molecule has 2 heterocycles. The molecule has 2 amide bonds. The molecule has 1 aliphatic heterocycles. The van der Waals surface area contributed by atoms with Gasteiger partial charge in [-0.05, 0) is 38.0 Å². The predicted molar refractivity (Wildman–Crippen MR) is 92.0 cm³/mol. The van der Waals surface area contributed by atoms with Crippen LogP contribution in [0, 0.1) is 13.8 Å². The van der Waals surface area contributed by atoms with Gasteiger partial charge in [0.15, 0.2) is 0 Å².